The summed E-state index contributed by atoms with van der Waals surface area (Å²) in [6.07, 6.45) is 0.455. The summed E-state index contributed by atoms with van der Waals surface area (Å²) in [6, 6.07) is 9.82. The molecule has 0 aliphatic heterocycles. The van der Waals surface area contributed by atoms with Crippen molar-refractivity contribution in [3.63, 3.8) is 0 Å². The smallest absolute Gasteiger partial charge is 0.119 e. The molecule has 1 rings (SSSR count). The number of benzene rings is 1. The molecule has 3 heteroatoms. The van der Waals surface area contributed by atoms with Gasteiger partial charge in [0.2, 0.25) is 0 Å². The Morgan fingerprint density at radius 1 is 1.38 bits per heavy atom. The van der Waals surface area contributed by atoms with Gasteiger partial charge < -0.3 is 10.1 Å². The lowest BCUT2D eigenvalue weighted by Crippen LogP contribution is -2.21. The first-order chi connectivity index (χ1) is 7.76. The van der Waals surface area contributed by atoms with Crippen molar-refractivity contribution < 1.29 is 4.74 Å². The highest BCUT2D eigenvalue weighted by molar-refractivity contribution is 5.28. The second-order valence-corrected chi connectivity index (χ2v) is 3.95. The van der Waals surface area contributed by atoms with Crippen LogP contribution in [0.1, 0.15) is 12.5 Å². The minimum Gasteiger partial charge on any atom is -0.493 e. The summed E-state index contributed by atoms with van der Waals surface area (Å²) in [4.78, 5) is 0. The summed E-state index contributed by atoms with van der Waals surface area (Å²) in [5, 5.41) is 11.6. The van der Waals surface area contributed by atoms with Gasteiger partial charge in [-0.25, -0.2) is 0 Å². The SMILES string of the molecule is CNCC(C)COc1ccc(CC#N)cc1. The van der Waals surface area contributed by atoms with Crippen LogP contribution in [0.25, 0.3) is 0 Å². The van der Waals surface area contributed by atoms with E-state index in [1.54, 1.807) is 0 Å². The molecule has 1 N–H and O–H groups in total. The van der Waals surface area contributed by atoms with Gasteiger partial charge in [0.25, 0.3) is 0 Å². The lowest BCUT2D eigenvalue weighted by atomic mass is 10.1. The maximum absolute atomic E-state index is 8.54. The molecular formula is C13H18N2O. The first kappa shape index (κ1) is 12.5. The van der Waals surface area contributed by atoms with Crippen molar-refractivity contribution in [1.82, 2.24) is 5.32 Å². The zero-order valence-corrected chi connectivity index (χ0v) is 9.86. The standard InChI is InChI=1S/C13H18N2O/c1-11(9-15-2)10-16-13-5-3-12(4-6-13)7-8-14/h3-6,11,15H,7,9-10H2,1-2H3. The summed E-state index contributed by atoms with van der Waals surface area (Å²) in [5.74, 6) is 1.36. The average molecular weight is 218 g/mol. The first-order valence-electron chi connectivity index (χ1n) is 5.49. The van der Waals surface area contributed by atoms with Crippen molar-refractivity contribution in [2.45, 2.75) is 13.3 Å². The molecule has 3 nitrogen and oxygen atoms in total. The van der Waals surface area contributed by atoms with Crippen molar-refractivity contribution in [2.24, 2.45) is 5.92 Å². The molecule has 0 radical (unpaired) electrons. The zero-order valence-electron chi connectivity index (χ0n) is 9.86. The summed E-state index contributed by atoms with van der Waals surface area (Å²) < 4.78 is 5.63. The van der Waals surface area contributed by atoms with Gasteiger partial charge in [0.1, 0.15) is 5.75 Å². The number of hydrogen-bond acceptors (Lipinski definition) is 3. The van der Waals surface area contributed by atoms with E-state index in [1.165, 1.54) is 0 Å². The molecule has 1 atom stereocenters. The first-order valence-corrected chi connectivity index (χ1v) is 5.49. The van der Waals surface area contributed by atoms with Gasteiger partial charge in [-0.2, -0.15) is 5.26 Å². The monoisotopic (exact) mass is 218 g/mol. The molecule has 0 aliphatic carbocycles. The van der Waals surface area contributed by atoms with Crippen LogP contribution in [0.4, 0.5) is 0 Å². The van der Waals surface area contributed by atoms with Crippen molar-refractivity contribution >= 4 is 0 Å². The maximum atomic E-state index is 8.54. The fraction of sp³-hybridized carbons (Fsp3) is 0.462. The fourth-order valence-corrected chi connectivity index (χ4v) is 1.44. The van der Waals surface area contributed by atoms with E-state index in [1.807, 2.05) is 31.3 Å². The quantitative estimate of drug-likeness (QED) is 0.794. The Hall–Kier alpha value is -1.53. The second-order valence-electron chi connectivity index (χ2n) is 3.95. The minimum absolute atomic E-state index is 0.455. The predicted octanol–water partition coefficient (Wildman–Crippen LogP) is 1.99. The third-order valence-electron chi connectivity index (χ3n) is 2.29. The van der Waals surface area contributed by atoms with Crippen molar-refractivity contribution in [3.8, 4) is 11.8 Å². The molecule has 0 amide bonds. The number of nitriles is 1. The molecule has 0 aromatic heterocycles. The number of ether oxygens (including phenoxy) is 1. The van der Waals surface area contributed by atoms with Gasteiger partial charge in [-0.3, -0.25) is 0 Å². The summed E-state index contributed by atoms with van der Waals surface area (Å²) in [7, 11) is 1.94. The lowest BCUT2D eigenvalue weighted by molar-refractivity contribution is 0.258. The molecule has 86 valence electrons. The largest absolute Gasteiger partial charge is 0.493 e. The molecular weight excluding hydrogens is 200 g/mol. The summed E-state index contributed by atoms with van der Waals surface area (Å²) in [6.45, 7) is 3.80. The second kappa shape index (κ2) is 6.86. The Bertz CT molecular complexity index is 340. The number of nitrogens with one attached hydrogen (secondary N) is 1. The Morgan fingerprint density at radius 2 is 2.06 bits per heavy atom. The van der Waals surface area contributed by atoms with E-state index >= 15 is 0 Å². The van der Waals surface area contributed by atoms with Crippen LogP contribution in [0.2, 0.25) is 0 Å². The predicted molar refractivity (Wildman–Crippen MR) is 64.3 cm³/mol. The molecule has 1 aromatic carbocycles. The third kappa shape index (κ3) is 4.33. The van der Waals surface area contributed by atoms with Gasteiger partial charge in [-0.15, -0.1) is 0 Å². The van der Waals surface area contributed by atoms with E-state index in [2.05, 4.69) is 18.3 Å². The van der Waals surface area contributed by atoms with E-state index in [0.29, 0.717) is 18.9 Å². The minimum atomic E-state index is 0.455. The lowest BCUT2D eigenvalue weighted by Gasteiger charge is -2.12. The van der Waals surface area contributed by atoms with Crippen molar-refractivity contribution in [2.75, 3.05) is 20.2 Å². The Balaban J connectivity index is 2.40. The van der Waals surface area contributed by atoms with Crippen LogP contribution in [-0.4, -0.2) is 20.2 Å². The van der Waals surface area contributed by atoms with E-state index in [-0.39, 0.29) is 0 Å². The highest BCUT2D eigenvalue weighted by Gasteiger charge is 2.01. The molecule has 1 aromatic rings. The van der Waals surface area contributed by atoms with E-state index in [9.17, 15) is 0 Å². The highest BCUT2D eigenvalue weighted by atomic mass is 16.5. The molecule has 0 fully saturated rings. The molecule has 0 bridgehead atoms. The Morgan fingerprint density at radius 3 is 2.62 bits per heavy atom. The molecule has 16 heavy (non-hydrogen) atoms. The topological polar surface area (TPSA) is 45.0 Å². The molecule has 0 saturated carbocycles. The summed E-state index contributed by atoms with van der Waals surface area (Å²) in [5.41, 5.74) is 1.03. The van der Waals surface area contributed by atoms with Crippen LogP contribution >= 0.6 is 0 Å². The van der Waals surface area contributed by atoms with E-state index < -0.39 is 0 Å². The number of rotatable bonds is 6. The van der Waals surface area contributed by atoms with Crippen LogP contribution in [0, 0.1) is 17.2 Å². The van der Waals surface area contributed by atoms with E-state index in [0.717, 1.165) is 17.9 Å². The van der Waals surface area contributed by atoms with Crippen LogP contribution in [0.3, 0.4) is 0 Å². The highest BCUT2D eigenvalue weighted by Crippen LogP contribution is 2.13. The number of hydrogen-bond donors (Lipinski definition) is 1. The van der Waals surface area contributed by atoms with Gasteiger partial charge in [-0.05, 0) is 24.7 Å². The van der Waals surface area contributed by atoms with Gasteiger partial charge in [0.15, 0.2) is 0 Å². The average Bonchev–Trinajstić information content (AvgIpc) is 2.29. The van der Waals surface area contributed by atoms with Crippen molar-refractivity contribution in [3.05, 3.63) is 29.8 Å². The molecule has 1 unspecified atom stereocenters. The molecule has 0 heterocycles. The molecule has 0 spiro atoms. The number of nitrogens with zero attached hydrogens (tertiary/aromatic N) is 1. The van der Waals surface area contributed by atoms with Crippen LogP contribution in [-0.2, 0) is 6.42 Å². The van der Waals surface area contributed by atoms with Crippen LogP contribution < -0.4 is 10.1 Å². The fourth-order valence-electron chi connectivity index (χ4n) is 1.44. The van der Waals surface area contributed by atoms with Gasteiger partial charge in [-0.1, -0.05) is 19.1 Å². The molecule has 0 saturated heterocycles. The van der Waals surface area contributed by atoms with Crippen molar-refractivity contribution in [1.29, 1.82) is 5.26 Å². The zero-order chi connectivity index (χ0) is 11.8. The Labute approximate surface area is 97.0 Å². The van der Waals surface area contributed by atoms with E-state index in [4.69, 9.17) is 10.00 Å². The Kier molecular flexibility index (Phi) is 5.38. The van der Waals surface area contributed by atoms with Crippen LogP contribution in [0.15, 0.2) is 24.3 Å². The van der Waals surface area contributed by atoms with Gasteiger partial charge in [0.05, 0.1) is 19.1 Å². The maximum Gasteiger partial charge on any atom is 0.119 e. The summed E-state index contributed by atoms with van der Waals surface area (Å²) >= 11 is 0. The van der Waals surface area contributed by atoms with Gasteiger partial charge in [0, 0.05) is 12.5 Å². The van der Waals surface area contributed by atoms with Crippen LogP contribution in [0.5, 0.6) is 5.75 Å². The third-order valence-corrected chi connectivity index (χ3v) is 2.29. The molecule has 0 aliphatic rings. The van der Waals surface area contributed by atoms with Gasteiger partial charge >= 0.3 is 0 Å². The normalized spacial score (nSPS) is 11.8.